The first-order valence-electron chi connectivity index (χ1n) is 11.4. The Balaban J connectivity index is 1.45. The average Bonchev–Trinajstić information content (AvgIpc) is 3.28. The number of nitrogens with zero attached hydrogens (tertiary/aromatic N) is 2. The van der Waals surface area contributed by atoms with Crippen LogP contribution in [-0.2, 0) is 0 Å². The van der Waals surface area contributed by atoms with Gasteiger partial charge in [-0.05, 0) is 64.7 Å². The Morgan fingerprint density at radius 2 is 1.47 bits per heavy atom. The fourth-order valence-electron chi connectivity index (χ4n) is 4.96. The molecule has 0 aliphatic rings. The van der Waals surface area contributed by atoms with Crippen LogP contribution in [0.1, 0.15) is 5.56 Å². The fourth-order valence-corrected chi connectivity index (χ4v) is 4.96. The van der Waals surface area contributed by atoms with E-state index in [2.05, 4.69) is 96.8 Å². The molecule has 3 heteroatoms. The SMILES string of the molecule is Cc1cnc(-c2cccc3c2oc2c4ccccc4ccc32)cc1-c1ccc2cnccc2c1. The maximum absolute atomic E-state index is 6.54. The lowest BCUT2D eigenvalue weighted by Crippen LogP contribution is -1.90. The van der Waals surface area contributed by atoms with Gasteiger partial charge in [-0.2, -0.15) is 0 Å². The quantitative estimate of drug-likeness (QED) is 0.273. The summed E-state index contributed by atoms with van der Waals surface area (Å²) in [5.74, 6) is 0. The summed E-state index contributed by atoms with van der Waals surface area (Å²) in [6.45, 7) is 2.11. The molecule has 3 nitrogen and oxygen atoms in total. The lowest BCUT2D eigenvalue weighted by molar-refractivity contribution is 0.673. The molecule has 4 aromatic carbocycles. The van der Waals surface area contributed by atoms with Crippen LogP contribution in [-0.4, -0.2) is 9.97 Å². The molecule has 0 spiro atoms. The van der Waals surface area contributed by atoms with E-state index in [1.165, 1.54) is 21.9 Å². The third-order valence-corrected chi connectivity index (χ3v) is 6.72. The number of para-hydroxylation sites is 1. The van der Waals surface area contributed by atoms with Crippen molar-refractivity contribution in [3.63, 3.8) is 0 Å². The standard InChI is InChI=1S/C31H20N2O/c1-19-17-33-29(16-28(19)22-9-10-23-18-32-14-13-21(23)15-22)27-8-4-7-25-26-12-11-20-5-2-3-6-24(20)30(26)34-31(25)27/h2-18H,1H3. The Morgan fingerprint density at radius 1 is 0.618 bits per heavy atom. The number of rotatable bonds is 2. The Morgan fingerprint density at radius 3 is 2.44 bits per heavy atom. The van der Waals surface area contributed by atoms with Crippen molar-refractivity contribution in [2.75, 3.05) is 0 Å². The first kappa shape index (κ1) is 19.0. The zero-order valence-electron chi connectivity index (χ0n) is 18.6. The smallest absolute Gasteiger partial charge is 0.144 e. The summed E-state index contributed by atoms with van der Waals surface area (Å²) in [6, 6.07) is 29.7. The van der Waals surface area contributed by atoms with Crippen molar-refractivity contribution in [1.29, 1.82) is 0 Å². The maximum atomic E-state index is 6.54. The molecule has 0 unspecified atom stereocenters. The molecule has 7 rings (SSSR count). The zero-order chi connectivity index (χ0) is 22.6. The lowest BCUT2D eigenvalue weighted by atomic mass is 9.97. The fraction of sp³-hybridized carbons (Fsp3) is 0.0323. The second-order valence-electron chi connectivity index (χ2n) is 8.77. The molecule has 3 heterocycles. The number of pyridine rings is 2. The van der Waals surface area contributed by atoms with Crippen LogP contribution in [0.25, 0.3) is 65.9 Å². The van der Waals surface area contributed by atoms with Gasteiger partial charge in [-0.25, -0.2) is 0 Å². The van der Waals surface area contributed by atoms with Crippen molar-refractivity contribution >= 4 is 43.5 Å². The van der Waals surface area contributed by atoms with Crippen LogP contribution in [0.15, 0.2) is 108 Å². The first-order chi connectivity index (χ1) is 16.8. The van der Waals surface area contributed by atoms with Crippen molar-refractivity contribution in [1.82, 2.24) is 9.97 Å². The topological polar surface area (TPSA) is 38.9 Å². The van der Waals surface area contributed by atoms with Crippen molar-refractivity contribution in [3.05, 3.63) is 109 Å². The Hall–Kier alpha value is -4.50. The molecule has 0 radical (unpaired) electrons. The van der Waals surface area contributed by atoms with Crippen LogP contribution < -0.4 is 0 Å². The molecule has 3 aromatic heterocycles. The lowest BCUT2D eigenvalue weighted by Gasteiger charge is -2.10. The van der Waals surface area contributed by atoms with Crippen LogP contribution in [0.2, 0.25) is 0 Å². The van der Waals surface area contributed by atoms with E-state index < -0.39 is 0 Å². The van der Waals surface area contributed by atoms with E-state index in [0.29, 0.717) is 0 Å². The van der Waals surface area contributed by atoms with Gasteiger partial charge in [0, 0.05) is 45.7 Å². The van der Waals surface area contributed by atoms with Gasteiger partial charge in [0.25, 0.3) is 0 Å². The summed E-state index contributed by atoms with van der Waals surface area (Å²) in [5, 5.41) is 6.86. The summed E-state index contributed by atoms with van der Waals surface area (Å²) < 4.78 is 6.54. The van der Waals surface area contributed by atoms with Crippen molar-refractivity contribution in [2.45, 2.75) is 6.92 Å². The number of furan rings is 1. The molecule has 0 saturated carbocycles. The third kappa shape index (κ3) is 2.84. The molecule has 7 aromatic rings. The normalized spacial score (nSPS) is 11.7. The minimum Gasteiger partial charge on any atom is -0.455 e. The highest BCUT2D eigenvalue weighted by atomic mass is 16.3. The molecule has 0 saturated heterocycles. The van der Waals surface area contributed by atoms with Gasteiger partial charge in [0.2, 0.25) is 0 Å². The highest BCUT2D eigenvalue weighted by Gasteiger charge is 2.16. The highest BCUT2D eigenvalue weighted by Crippen LogP contribution is 2.39. The van der Waals surface area contributed by atoms with E-state index in [1.54, 1.807) is 0 Å². The zero-order valence-corrected chi connectivity index (χ0v) is 18.6. The van der Waals surface area contributed by atoms with Gasteiger partial charge in [0.15, 0.2) is 0 Å². The van der Waals surface area contributed by atoms with E-state index in [9.17, 15) is 0 Å². The van der Waals surface area contributed by atoms with Crippen LogP contribution >= 0.6 is 0 Å². The maximum Gasteiger partial charge on any atom is 0.144 e. The second kappa shape index (κ2) is 7.26. The number of aromatic nitrogens is 2. The van der Waals surface area contributed by atoms with Gasteiger partial charge in [0.1, 0.15) is 11.2 Å². The van der Waals surface area contributed by atoms with E-state index >= 15 is 0 Å². The van der Waals surface area contributed by atoms with Gasteiger partial charge >= 0.3 is 0 Å². The molecule has 0 atom stereocenters. The number of benzene rings is 4. The van der Waals surface area contributed by atoms with Crippen molar-refractivity contribution in [2.24, 2.45) is 0 Å². The van der Waals surface area contributed by atoms with E-state index in [4.69, 9.17) is 9.40 Å². The predicted molar refractivity (Wildman–Crippen MR) is 140 cm³/mol. The third-order valence-electron chi connectivity index (χ3n) is 6.72. The second-order valence-corrected chi connectivity index (χ2v) is 8.77. The molecular weight excluding hydrogens is 416 g/mol. The molecular formula is C31H20N2O. The van der Waals surface area contributed by atoms with Gasteiger partial charge in [-0.15, -0.1) is 0 Å². The molecule has 0 amide bonds. The molecule has 0 aliphatic heterocycles. The summed E-state index contributed by atoms with van der Waals surface area (Å²) >= 11 is 0. The van der Waals surface area contributed by atoms with Crippen molar-refractivity contribution in [3.8, 4) is 22.4 Å². The Kier molecular flexibility index (Phi) is 4.06. The number of fused-ring (bicyclic) bond motifs is 6. The van der Waals surface area contributed by atoms with Crippen LogP contribution in [0, 0.1) is 6.92 Å². The minimum atomic E-state index is 0.876. The number of hydrogen-bond acceptors (Lipinski definition) is 3. The Labute approximate surface area is 196 Å². The monoisotopic (exact) mass is 436 g/mol. The Bertz CT molecular complexity index is 1880. The molecule has 34 heavy (non-hydrogen) atoms. The molecule has 0 N–H and O–H groups in total. The first-order valence-corrected chi connectivity index (χ1v) is 11.4. The van der Waals surface area contributed by atoms with E-state index in [0.717, 1.165) is 49.5 Å². The van der Waals surface area contributed by atoms with Gasteiger partial charge in [0.05, 0.1) is 5.69 Å². The summed E-state index contributed by atoms with van der Waals surface area (Å²) in [4.78, 5) is 9.04. The van der Waals surface area contributed by atoms with E-state index in [-0.39, 0.29) is 0 Å². The number of aryl methyl sites for hydroxylation is 1. The summed E-state index contributed by atoms with van der Waals surface area (Å²) in [7, 11) is 0. The molecule has 0 fully saturated rings. The van der Waals surface area contributed by atoms with Crippen molar-refractivity contribution < 1.29 is 4.42 Å². The van der Waals surface area contributed by atoms with E-state index in [1.807, 2.05) is 18.6 Å². The van der Waals surface area contributed by atoms with Gasteiger partial charge in [-0.1, -0.05) is 54.6 Å². The van der Waals surface area contributed by atoms with Crippen LogP contribution in [0.3, 0.4) is 0 Å². The molecule has 160 valence electrons. The van der Waals surface area contributed by atoms with Crippen LogP contribution in [0.5, 0.6) is 0 Å². The molecule has 0 bridgehead atoms. The average molecular weight is 437 g/mol. The predicted octanol–water partition coefficient (Wildman–Crippen LogP) is 8.32. The summed E-state index contributed by atoms with van der Waals surface area (Å²) in [5.41, 5.74) is 7.19. The largest absolute Gasteiger partial charge is 0.455 e. The van der Waals surface area contributed by atoms with Gasteiger partial charge < -0.3 is 4.42 Å². The van der Waals surface area contributed by atoms with Gasteiger partial charge in [-0.3, -0.25) is 9.97 Å². The summed E-state index contributed by atoms with van der Waals surface area (Å²) in [6.07, 6.45) is 5.69. The minimum absolute atomic E-state index is 0.876. The van der Waals surface area contributed by atoms with Crippen LogP contribution in [0.4, 0.5) is 0 Å². The highest BCUT2D eigenvalue weighted by molar-refractivity contribution is 6.17. The molecule has 0 aliphatic carbocycles. The number of hydrogen-bond donors (Lipinski definition) is 0.